The Kier molecular flexibility index (Phi) is 4.46. The van der Waals surface area contributed by atoms with Crippen LogP contribution in [0.5, 0.6) is 0 Å². The smallest absolute Gasteiger partial charge is 0.345 e. The summed E-state index contributed by atoms with van der Waals surface area (Å²) in [5, 5.41) is 0. The number of hydrogen-bond acceptors (Lipinski definition) is 2. The van der Waals surface area contributed by atoms with Crippen molar-refractivity contribution in [3.05, 3.63) is 35.4 Å². The van der Waals surface area contributed by atoms with Gasteiger partial charge in [-0.1, -0.05) is 12.1 Å². The second-order valence-corrected chi connectivity index (χ2v) is 12.1. The molecular formula is C9H9Cl3O2Si. The standard InChI is InChI=1S/C9H9Cl3O2Si/c1-14-9(13)8-4-2-7(3-5-8)6-15(10,11)12/h2-5H,6H2,1H3. The van der Waals surface area contributed by atoms with Crippen molar-refractivity contribution >= 4 is 45.2 Å². The fourth-order valence-electron chi connectivity index (χ4n) is 1.11. The summed E-state index contributed by atoms with van der Waals surface area (Å²) in [4.78, 5) is 11.1. The maximum atomic E-state index is 11.1. The topological polar surface area (TPSA) is 26.3 Å². The zero-order valence-electron chi connectivity index (χ0n) is 7.97. The van der Waals surface area contributed by atoms with Crippen LogP contribution in [-0.2, 0) is 10.8 Å². The van der Waals surface area contributed by atoms with Gasteiger partial charge in [-0.2, -0.15) is 0 Å². The van der Waals surface area contributed by atoms with Gasteiger partial charge in [-0.05, 0) is 17.7 Å². The van der Waals surface area contributed by atoms with Crippen molar-refractivity contribution in [2.75, 3.05) is 7.11 Å². The van der Waals surface area contributed by atoms with E-state index >= 15 is 0 Å². The Hall–Kier alpha value is -0.223. The maximum Gasteiger partial charge on any atom is 0.345 e. The molecule has 0 aliphatic heterocycles. The molecule has 0 aromatic heterocycles. The van der Waals surface area contributed by atoms with Crippen LogP contribution in [0.25, 0.3) is 0 Å². The summed E-state index contributed by atoms with van der Waals surface area (Å²) in [5.74, 6) is -0.368. The molecule has 1 aromatic carbocycles. The number of benzene rings is 1. The molecule has 1 rings (SSSR count). The molecule has 0 saturated carbocycles. The van der Waals surface area contributed by atoms with E-state index in [1.165, 1.54) is 7.11 Å². The van der Waals surface area contributed by atoms with Crippen molar-refractivity contribution in [3.63, 3.8) is 0 Å². The third kappa shape index (κ3) is 4.43. The molecule has 0 N–H and O–H groups in total. The Labute approximate surface area is 103 Å². The quantitative estimate of drug-likeness (QED) is 0.484. The Balaban J connectivity index is 2.77. The van der Waals surface area contributed by atoms with Crippen LogP contribution >= 0.6 is 33.2 Å². The maximum absolute atomic E-state index is 11.1. The minimum absolute atomic E-state index is 0.368. The number of halogens is 3. The highest BCUT2D eigenvalue weighted by Gasteiger charge is 2.25. The number of carbonyl (C=O) groups is 1. The van der Waals surface area contributed by atoms with Gasteiger partial charge in [0.2, 0.25) is 0 Å². The zero-order valence-corrected chi connectivity index (χ0v) is 11.2. The minimum atomic E-state index is -2.65. The summed E-state index contributed by atoms with van der Waals surface area (Å²) >= 11 is 17.3. The molecular weight excluding hydrogens is 275 g/mol. The van der Waals surface area contributed by atoms with Gasteiger partial charge in [0.15, 0.2) is 0 Å². The molecule has 0 amide bonds. The molecule has 0 unspecified atom stereocenters. The van der Waals surface area contributed by atoms with Crippen molar-refractivity contribution in [3.8, 4) is 0 Å². The van der Waals surface area contributed by atoms with E-state index in [1.807, 2.05) is 0 Å². The van der Waals surface area contributed by atoms with Crippen LogP contribution in [0.1, 0.15) is 15.9 Å². The van der Waals surface area contributed by atoms with Gasteiger partial charge in [0.25, 0.3) is 0 Å². The van der Waals surface area contributed by atoms with E-state index in [9.17, 15) is 4.79 Å². The second-order valence-electron chi connectivity index (χ2n) is 2.98. The summed E-state index contributed by atoms with van der Waals surface area (Å²) < 4.78 is 4.57. The molecule has 0 atom stereocenters. The number of esters is 1. The van der Waals surface area contributed by atoms with E-state index in [4.69, 9.17) is 33.2 Å². The number of hydrogen-bond donors (Lipinski definition) is 0. The fraction of sp³-hybridized carbons (Fsp3) is 0.222. The van der Waals surface area contributed by atoms with Crippen LogP contribution in [0.15, 0.2) is 24.3 Å². The summed E-state index contributed by atoms with van der Waals surface area (Å²) in [6, 6.07) is 4.64. The first-order valence-electron chi connectivity index (χ1n) is 4.16. The highest BCUT2D eigenvalue weighted by Crippen LogP contribution is 2.24. The van der Waals surface area contributed by atoms with Crippen molar-refractivity contribution < 1.29 is 9.53 Å². The molecule has 0 saturated heterocycles. The van der Waals surface area contributed by atoms with E-state index in [1.54, 1.807) is 24.3 Å². The Morgan fingerprint density at radius 2 is 1.80 bits per heavy atom. The summed E-state index contributed by atoms with van der Waals surface area (Å²) in [6.07, 6.45) is 0. The Morgan fingerprint density at radius 1 is 1.27 bits per heavy atom. The highest BCUT2D eigenvalue weighted by molar-refractivity contribution is 7.64. The SMILES string of the molecule is COC(=O)c1ccc(C[Si](Cl)(Cl)Cl)cc1. The molecule has 2 nitrogen and oxygen atoms in total. The summed E-state index contributed by atoms with van der Waals surface area (Å²) in [6.45, 7) is 0. The van der Waals surface area contributed by atoms with Gasteiger partial charge in [0.05, 0.1) is 12.7 Å². The minimum Gasteiger partial charge on any atom is -0.465 e. The lowest BCUT2D eigenvalue weighted by Gasteiger charge is -2.07. The lowest BCUT2D eigenvalue weighted by molar-refractivity contribution is 0.0601. The number of ether oxygens (including phenoxy) is 1. The van der Waals surface area contributed by atoms with Gasteiger partial charge in [0.1, 0.15) is 0 Å². The third-order valence-electron chi connectivity index (χ3n) is 1.78. The van der Waals surface area contributed by atoms with Gasteiger partial charge in [-0.3, -0.25) is 0 Å². The van der Waals surface area contributed by atoms with Crippen molar-refractivity contribution in [1.82, 2.24) is 0 Å². The van der Waals surface area contributed by atoms with E-state index in [0.29, 0.717) is 11.6 Å². The highest BCUT2D eigenvalue weighted by atomic mass is 35.8. The molecule has 0 aliphatic carbocycles. The van der Waals surface area contributed by atoms with Crippen molar-refractivity contribution in [2.24, 2.45) is 0 Å². The summed E-state index contributed by atoms with van der Waals surface area (Å²) in [7, 11) is 1.34. The normalized spacial score (nSPS) is 11.2. The van der Waals surface area contributed by atoms with Crippen LogP contribution in [0.4, 0.5) is 0 Å². The molecule has 6 heteroatoms. The van der Waals surface area contributed by atoms with Gasteiger partial charge in [0, 0.05) is 6.04 Å². The van der Waals surface area contributed by atoms with Crippen molar-refractivity contribution in [1.29, 1.82) is 0 Å². The second kappa shape index (κ2) is 5.21. The lowest BCUT2D eigenvalue weighted by Crippen LogP contribution is -2.14. The molecule has 0 aliphatic rings. The first-order valence-corrected chi connectivity index (χ1v) is 9.40. The fourth-order valence-corrected chi connectivity index (χ4v) is 3.20. The zero-order chi connectivity index (χ0) is 11.5. The Bertz CT molecular complexity index is 345. The predicted molar refractivity (Wildman–Crippen MR) is 64.8 cm³/mol. The first kappa shape index (κ1) is 12.8. The number of methoxy groups -OCH3 is 1. The van der Waals surface area contributed by atoms with Gasteiger partial charge in [-0.25, -0.2) is 4.79 Å². The van der Waals surface area contributed by atoms with E-state index in [2.05, 4.69) is 4.74 Å². The summed E-state index contributed by atoms with van der Waals surface area (Å²) in [5.41, 5.74) is 1.40. The molecule has 1 aromatic rings. The monoisotopic (exact) mass is 282 g/mol. The average Bonchev–Trinajstić information content (AvgIpc) is 2.15. The largest absolute Gasteiger partial charge is 0.465 e. The molecule has 0 heterocycles. The molecule has 15 heavy (non-hydrogen) atoms. The van der Waals surface area contributed by atoms with Crippen LogP contribution < -0.4 is 0 Å². The predicted octanol–water partition coefficient (Wildman–Crippen LogP) is 3.21. The van der Waals surface area contributed by atoms with Crippen LogP contribution in [0.2, 0.25) is 0 Å². The molecule has 0 spiro atoms. The molecule has 82 valence electrons. The van der Waals surface area contributed by atoms with Crippen LogP contribution in [0.3, 0.4) is 0 Å². The lowest BCUT2D eigenvalue weighted by atomic mass is 10.1. The van der Waals surface area contributed by atoms with Crippen molar-refractivity contribution in [2.45, 2.75) is 6.04 Å². The molecule has 0 fully saturated rings. The van der Waals surface area contributed by atoms with Gasteiger partial charge >= 0.3 is 12.0 Å². The van der Waals surface area contributed by atoms with E-state index in [0.717, 1.165) is 5.56 Å². The average molecular weight is 284 g/mol. The van der Waals surface area contributed by atoms with Crippen LogP contribution in [0, 0.1) is 0 Å². The van der Waals surface area contributed by atoms with Crippen LogP contribution in [-0.4, -0.2) is 19.1 Å². The van der Waals surface area contributed by atoms with Gasteiger partial charge < -0.3 is 4.74 Å². The molecule has 0 bridgehead atoms. The third-order valence-corrected chi connectivity index (χ3v) is 3.79. The van der Waals surface area contributed by atoms with E-state index in [-0.39, 0.29) is 5.97 Å². The van der Waals surface area contributed by atoms with Gasteiger partial charge in [-0.15, -0.1) is 33.2 Å². The van der Waals surface area contributed by atoms with E-state index < -0.39 is 6.00 Å². The number of carbonyl (C=O) groups excluding carboxylic acids is 1. The molecule has 0 radical (unpaired) electrons. The Morgan fingerprint density at radius 3 is 2.20 bits per heavy atom. The number of rotatable bonds is 3. The first-order chi connectivity index (χ1) is 6.92.